The van der Waals surface area contributed by atoms with Gasteiger partial charge in [-0.3, -0.25) is 4.68 Å². The van der Waals surface area contributed by atoms with Gasteiger partial charge < -0.3 is 0 Å². The molecule has 0 N–H and O–H groups in total. The second-order valence-electron chi connectivity index (χ2n) is 6.77. The maximum atomic E-state index is 4.70. The molecule has 0 atom stereocenters. The number of rotatable bonds is 0. The Kier molecular flexibility index (Phi) is 2.57. The van der Waals surface area contributed by atoms with Gasteiger partial charge in [-0.15, -0.1) is 0 Å². The molecule has 0 amide bonds. The fraction of sp³-hybridized carbons (Fsp3) is 0.533. The van der Waals surface area contributed by atoms with Crippen LogP contribution >= 0.6 is 0 Å². The van der Waals surface area contributed by atoms with Crippen molar-refractivity contribution in [2.24, 2.45) is 0 Å². The number of aromatic nitrogens is 2. The van der Waals surface area contributed by atoms with Gasteiger partial charge in [0.05, 0.1) is 11.2 Å². The highest BCUT2D eigenvalue weighted by atomic mass is 15.3. The Morgan fingerprint density at radius 1 is 1.00 bits per heavy atom. The summed E-state index contributed by atoms with van der Waals surface area (Å²) in [7, 11) is 0. The molecule has 1 aliphatic heterocycles. The Labute approximate surface area is 104 Å². The van der Waals surface area contributed by atoms with Crippen LogP contribution in [0.3, 0.4) is 0 Å². The molecule has 17 heavy (non-hydrogen) atoms. The van der Waals surface area contributed by atoms with Crippen molar-refractivity contribution in [3.05, 3.63) is 30.0 Å². The molecule has 0 aromatic rings. The van der Waals surface area contributed by atoms with Crippen LogP contribution in [0.5, 0.6) is 0 Å². The van der Waals surface area contributed by atoms with Crippen LogP contribution in [0.1, 0.15) is 47.1 Å². The van der Waals surface area contributed by atoms with Crippen LogP contribution in [-0.4, -0.2) is 9.78 Å². The van der Waals surface area contributed by atoms with Crippen molar-refractivity contribution in [1.82, 2.24) is 9.78 Å². The molecule has 0 saturated carbocycles. The number of hydrogen-bond donors (Lipinski definition) is 0. The van der Waals surface area contributed by atoms with Gasteiger partial charge in [0.2, 0.25) is 0 Å². The molecular formula is C15H22N2. The Hall–Kier alpha value is -1.31. The van der Waals surface area contributed by atoms with Gasteiger partial charge in [-0.1, -0.05) is 20.8 Å². The van der Waals surface area contributed by atoms with Gasteiger partial charge >= 0.3 is 0 Å². The van der Waals surface area contributed by atoms with Gasteiger partial charge in [0.25, 0.3) is 0 Å². The van der Waals surface area contributed by atoms with E-state index in [4.69, 9.17) is 5.10 Å². The van der Waals surface area contributed by atoms with Crippen molar-refractivity contribution in [2.45, 2.75) is 52.5 Å². The Morgan fingerprint density at radius 3 is 2.18 bits per heavy atom. The van der Waals surface area contributed by atoms with Crippen LogP contribution in [0.4, 0.5) is 0 Å². The van der Waals surface area contributed by atoms with E-state index >= 15 is 0 Å². The third-order valence-corrected chi connectivity index (χ3v) is 3.06. The van der Waals surface area contributed by atoms with Crippen LogP contribution in [0.15, 0.2) is 24.4 Å². The van der Waals surface area contributed by atoms with E-state index in [0.717, 1.165) is 5.69 Å². The van der Waals surface area contributed by atoms with Crippen molar-refractivity contribution in [3.8, 4) is 11.3 Å². The average molecular weight is 230 g/mol. The van der Waals surface area contributed by atoms with Gasteiger partial charge in [0.1, 0.15) is 0 Å². The standard InChI is InChI=1S/C15H22N2/c1-14(2,3)12-9-11-7-8-17(15(4,5)6)16-13(11)10-12/h7-10H,1-6H3. The Bertz CT molecular complexity index is 483. The number of hydrogen-bond acceptors (Lipinski definition) is 1. The third-order valence-electron chi connectivity index (χ3n) is 3.06. The smallest absolute Gasteiger partial charge is 0.0911 e. The molecule has 2 nitrogen and oxygen atoms in total. The largest absolute Gasteiger partial charge is 0.267 e. The maximum Gasteiger partial charge on any atom is 0.0911 e. The third kappa shape index (κ3) is 2.36. The molecule has 0 radical (unpaired) electrons. The molecule has 1 heterocycles. The first kappa shape index (κ1) is 12.2. The molecular weight excluding hydrogens is 208 g/mol. The zero-order chi connectivity index (χ0) is 12.8. The molecule has 0 saturated heterocycles. The highest BCUT2D eigenvalue weighted by Crippen LogP contribution is 2.32. The molecule has 1 aliphatic carbocycles. The maximum absolute atomic E-state index is 4.70. The predicted molar refractivity (Wildman–Crippen MR) is 72.5 cm³/mol. The Morgan fingerprint density at radius 2 is 1.65 bits per heavy atom. The summed E-state index contributed by atoms with van der Waals surface area (Å²) >= 11 is 0. The van der Waals surface area contributed by atoms with E-state index < -0.39 is 0 Å². The molecule has 0 aromatic carbocycles. The minimum atomic E-state index is 0.0351. The van der Waals surface area contributed by atoms with E-state index in [1.54, 1.807) is 0 Å². The summed E-state index contributed by atoms with van der Waals surface area (Å²) < 4.78 is 2.03. The molecule has 0 unspecified atom stereocenters. The summed E-state index contributed by atoms with van der Waals surface area (Å²) in [6, 6.07) is 6.61. The summed E-state index contributed by atoms with van der Waals surface area (Å²) in [5, 5.41) is 4.70. The van der Waals surface area contributed by atoms with E-state index in [1.807, 2.05) is 4.68 Å². The zero-order valence-electron chi connectivity index (χ0n) is 11.7. The SMILES string of the molecule is CC(C)(C)c1cc2ccn(C(C)(C)C)nc-2c1. The van der Waals surface area contributed by atoms with E-state index in [0.29, 0.717) is 0 Å². The first-order valence-electron chi connectivity index (χ1n) is 6.18. The molecule has 0 fully saturated rings. The van der Waals surface area contributed by atoms with Crippen LogP contribution in [0.25, 0.3) is 11.3 Å². The molecule has 2 heteroatoms. The summed E-state index contributed by atoms with van der Waals surface area (Å²) in [6.45, 7) is 13.2. The second kappa shape index (κ2) is 3.59. The molecule has 0 spiro atoms. The van der Waals surface area contributed by atoms with Crippen molar-refractivity contribution in [1.29, 1.82) is 0 Å². The van der Waals surface area contributed by atoms with Gasteiger partial charge in [-0.2, -0.15) is 5.10 Å². The number of fused-ring (bicyclic) bond motifs is 1. The minimum Gasteiger partial charge on any atom is -0.267 e. The van der Waals surface area contributed by atoms with Gasteiger partial charge in [0.15, 0.2) is 0 Å². The monoisotopic (exact) mass is 230 g/mol. The fourth-order valence-corrected chi connectivity index (χ4v) is 1.84. The Balaban J connectivity index is 2.54. The highest BCUT2D eigenvalue weighted by molar-refractivity contribution is 5.64. The zero-order valence-corrected chi connectivity index (χ0v) is 11.7. The lowest BCUT2D eigenvalue weighted by atomic mass is 9.89. The van der Waals surface area contributed by atoms with Crippen molar-refractivity contribution < 1.29 is 0 Å². The summed E-state index contributed by atoms with van der Waals surface area (Å²) in [4.78, 5) is 0. The van der Waals surface area contributed by atoms with Gasteiger partial charge in [-0.25, -0.2) is 0 Å². The van der Waals surface area contributed by atoms with E-state index in [1.165, 1.54) is 11.1 Å². The number of nitrogens with zero attached hydrogens (tertiary/aromatic N) is 2. The summed E-state index contributed by atoms with van der Waals surface area (Å²) in [5.74, 6) is 0. The molecule has 0 aromatic heterocycles. The molecule has 2 rings (SSSR count). The first-order valence-corrected chi connectivity index (χ1v) is 6.18. The van der Waals surface area contributed by atoms with Crippen molar-refractivity contribution in [2.75, 3.05) is 0 Å². The van der Waals surface area contributed by atoms with Crippen LogP contribution in [-0.2, 0) is 11.0 Å². The van der Waals surface area contributed by atoms with E-state index in [9.17, 15) is 0 Å². The van der Waals surface area contributed by atoms with Crippen LogP contribution in [0.2, 0.25) is 0 Å². The topological polar surface area (TPSA) is 17.8 Å². The normalized spacial score (nSPS) is 13.3. The van der Waals surface area contributed by atoms with Crippen LogP contribution in [0, 0.1) is 0 Å². The quantitative estimate of drug-likeness (QED) is 0.668. The fourth-order valence-electron chi connectivity index (χ4n) is 1.84. The van der Waals surface area contributed by atoms with E-state index in [-0.39, 0.29) is 11.0 Å². The molecule has 0 bridgehead atoms. The lowest BCUT2D eigenvalue weighted by Gasteiger charge is -2.22. The van der Waals surface area contributed by atoms with Crippen molar-refractivity contribution in [3.63, 3.8) is 0 Å². The van der Waals surface area contributed by atoms with Gasteiger partial charge in [-0.05, 0) is 49.9 Å². The summed E-state index contributed by atoms with van der Waals surface area (Å²) in [5.41, 5.74) is 3.90. The lowest BCUT2D eigenvalue weighted by molar-refractivity contribution is 0.350. The lowest BCUT2D eigenvalue weighted by Crippen LogP contribution is -2.24. The van der Waals surface area contributed by atoms with Crippen molar-refractivity contribution >= 4 is 0 Å². The summed E-state index contributed by atoms with van der Waals surface area (Å²) in [6.07, 6.45) is 2.06. The molecule has 2 aliphatic rings. The highest BCUT2D eigenvalue weighted by Gasteiger charge is 2.20. The first-order chi connectivity index (χ1) is 7.68. The minimum absolute atomic E-state index is 0.0351. The average Bonchev–Trinajstić information content (AvgIpc) is 2.57. The second-order valence-corrected chi connectivity index (χ2v) is 6.77. The van der Waals surface area contributed by atoms with Crippen LogP contribution < -0.4 is 0 Å². The van der Waals surface area contributed by atoms with Gasteiger partial charge in [0, 0.05) is 11.8 Å². The van der Waals surface area contributed by atoms with E-state index in [2.05, 4.69) is 65.9 Å². The predicted octanol–water partition coefficient (Wildman–Crippen LogP) is 4.04. The molecule has 92 valence electrons.